The van der Waals surface area contributed by atoms with Gasteiger partial charge >= 0.3 is 6.03 Å². The molecule has 4 amide bonds. The first kappa shape index (κ1) is 15.0. The number of nitrogens with one attached hydrogen (secondary N) is 1. The maximum atomic E-state index is 12.5. The largest absolute Gasteiger partial charge is 0.379 e. The van der Waals surface area contributed by atoms with Crippen LogP contribution in [0, 0.1) is 11.3 Å². The minimum atomic E-state index is -1.11. The summed E-state index contributed by atoms with van der Waals surface area (Å²) in [6.07, 6.45) is 3.18. The molecule has 0 bridgehead atoms. The van der Waals surface area contributed by atoms with Gasteiger partial charge in [0.2, 0.25) is 11.8 Å². The third-order valence-corrected chi connectivity index (χ3v) is 4.27. The fraction of sp³-hybridized carbons (Fsp3) is 0.786. The molecule has 1 aliphatic carbocycles. The Hall–Kier alpha value is -1.43. The van der Waals surface area contributed by atoms with Gasteiger partial charge in [-0.25, -0.2) is 4.79 Å². The molecule has 0 atom stereocenters. The van der Waals surface area contributed by atoms with E-state index >= 15 is 0 Å². The molecule has 0 aromatic carbocycles. The van der Waals surface area contributed by atoms with Crippen LogP contribution in [0.2, 0.25) is 0 Å². The fourth-order valence-electron chi connectivity index (χ4n) is 2.50. The number of amides is 4. The molecule has 1 saturated carbocycles. The van der Waals surface area contributed by atoms with E-state index in [1.54, 1.807) is 13.8 Å². The molecule has 1 aliphatic heterocycles. The fourth-order valence-corrected chi connectivity index (χ4v) is 2.50. The van der Waals surface area contributed by atoms with E-state index in [4.69, 9.17) is 4.74 Å². The highest BCUT2D eigenvalue weighted by Crippen LogP contribution is 2.32. The van der Waals surface area contributed by atoms with Crippen molar-refractivity contribution in [2.75, 3.05) is 19.8 Å². The smallest absolute Gasteiger partial charge is 0.330 e. The molecule has 112 valence electrons. The van der Waals surface area contributed by atoms with Crippen LogP contribution in [-0.2, 0) is 14.3 Å². The number of imide groups is 2. The first-order valence-corrected chi connectivity index (χ1v) is 7.30. The van der Waals surface area contributed by atoms with Crippen LogP contribution in [-0.4, -0.2) is 42.5 Å². The van der Waals surface area contributed by atoms with Gasteiger partial charge in [0.1, 0.15) is 5.41 Å². The molecule has 0 aromatic heterocycles. The van der Waals surface area contributed by atoms with Crippen molar-refractivity contribution < 1.29 is 19.1 Å². The standard InChI is InChI=1S/C14H22N2O4/c1-3-14(4-2)11(17)15-13(19)16(12(14)18)7-8-20-9-10-5-6-10/h10H,3-9H2,1-2H3,(H,15,17,19). The van der Waals surface area contributed by atoms with Crippen LogP contribution < -0.4 is 5.32 Å². The average Bonchev–Trinajstić information content (AvgIpc) is 3.23. The Morgan fingerprint density at radius 2 is 1.90 bits per heavy atom. The van der Waals surface area contributed by atoms with Crippen molar-refractivity contribution in [3.63, 3.8) is 0 Å². The van der Waals surface area contributed by atoms with Gasteiger partial charge < -0.3 is 4.74 Å². The Balaban J connectivity index is 1.96. The van der Waals surface area contributed by atoms with Crippen molar-refractivity contribution >= 4 is 17.8 Å². The Kier molecular flexibility index (Phi) is 4.42. The molecule has 1 saturated heterocycles. The molecule has 2 fully saturated rings. The molecule has 6 nitrogen and oxygen atoms in total. The normalized spacial score (nSPS) is 22.1. The summed E-state index contributed by atoms with van der Waals surface area (Å²) in [5.74, 6) is -0.230. The zero-order valence-corrected chi connectivity index (χ0v) is 12.1. The number of barbiturate groups is 1. The summed E-state index contributed by atoms with van der Waals surface area (Å²) in [7, 11) is 0. The SMILES string of the molecule is CCC1(CC)C(=O)NC(=O)N(CCOCC2CC2)C1=O. The highest BCUT2D eigenvalue weighted by molar-refractivity contribution is 6.19. The number of carbonyl (C=O) groups is 3. The lowest BCUT2D eigenvalue weighted by molar-refractivity contribution is -0.152. The second kappa shape index (κ2) is 5.91. The minimum Gasteiger partial charge on any atom is -0.379 e. The van der Waals surface area contributed by atoms with Crippen LogP contribution in [0.5, 0.6) is 0 Å². The van der Waals surface area contributed by atoms with Gasteiger partial charge in [0, 0.05) is 6.61 Å². The van der Waals surface area contributed by atoms with Crippen LogP contribution in [0.3, 0.4) is 0 Å². The van der Waals surface area contributed by atoms with Crippen molar-refractivity contribution in [1.29, 1.82) is 0 Å². The molecule has 0 aromatic rings. The highest BCUT2D eigenvalue weighted by atomic mass is 16.5. The summed E-state index contributed by atoms with van der Waals surface area (Å²) in [5, 5.41) is 2.29. The van der Waals surface area contributed by atoms with Crippen LogP contribution >= 0.6 is 0 Å². The average molecular weight is 282 g/mol. The Morgan fingerprint density at radius 1 is 1.25 bits per heavy atom. The molecular weight excluding hydrogens is 260 g/mol. The van der Waals surface area contributed by atoms with Gasteiger partial charge in [-0.2, -0.15) is 0 Å². The van der Waals surface area contributed by atoms with E-state index in [9.17, 15) is 14.4 Å². The van der Waals surface area contributed by atoms with Crippen LogP contribution in [0.4, 0.5) is 4.79 Å². The molecule has 20 heavy (non-hydrogen) atoms. The minimum absolute atomic E-state index is 0.201. The third kappa shape index (κ3) is 2.70. The molecule has 0 spiro atoms. The van der Waals surface area contributed by atoms with Crippen molar-refractivity contribution in [1.82, 2.24) is 10.2 Å². The van der Waals surface area contributed by atoms with Gasteiger partial charge in [-0.05, 0) is 31.6 Å². The number of hydrogen-bond donors (Lipinski definition) is 1. The van der Waals surface area contributed by atoms with E-state index in [0.29, 0.717) is 32.0 Å². The monoisotopic (exact) mass is 282 g/mol. The molecule has 2 rings (SSSR count). The van der Waals surface area contributed by atoms with Gasteiger partial charge in [0.25, 0.3) is 0 Å². The molecular formula is C14H22N2O4. The zero-order valence-electron chi connectivity index (χ0n) is 12.1. The number of nitrogens with zero attached hydrogens (tertiary/aromatic N) is 1. The first-order chi connectivity index (χ1) is 9.55. The Bertz CT molecular complexity index is 413. The van der Waals surface area contributed by atoms with E-state index in [1.165, 1.54) is 12.8 Å². The lowest BCUT2D eigenvalue weighted by Crippen LogP contribution is -2.64. The van der Waals surface area contributed by atoms with Crippen LogP contribution in [0.15, 0.2) is 0 Å². The second-order valence-corrected chi connectivity index (χ2v) is 5.52. The number of hydrogen-bond acceptors (Lipinski definition) is 4. The first-order valence-electron chi connectivity index (χ1n) is 7.30. The molecule has 6 heteroatoms. The number of rotatable bonds is 7. The van der Waals surface area contributed by atoms with E-state index in [0.717, 1.165) is 4.90 Å². The van der Waals surface area contributed by atoms with E-state index in [2.05, 4.69) is 5.32 Å². The predicted molar refractivity (Wildman–Crippen MR) is 71.8 cm³/mol. The van der Waals surface area contributed by atoms with E-state index in [1.807, 2.05) is 0 Å². The zero-order chi connectivity index (χ0) is 14.8. The van der Waals surface area contributed by atoms with Crippen LogP contribution in [0.25, 0.3) is 0 Å². The molecule has 0 unspecified atom stereocenters. The molecule has 2 aliphatic rings. The van der Waals surface area contributed by atoms with Gasteiger partial charge in [-0.15, -0.1) is 0 Å². The lowest BCUT2D eigenvalue weighted by atomic mass is 9.78. The lowest BCUT2D eigenvalue weighted by Gasteiger charge is -2.38. The third-order valence-electron chi connectivity index (χ3n) is 4.27. The number of ether oxygens (including phenoxy) is 1. The van der Waals surface area contributed by atoms with E-state index in [-0.39, 0.29) is 6.54 Å². The molecule has 0 radical (unpaired) electrons. The molecule has 1 N–H and O–H groups in total. The quantitative estimate of drug-likeness (QED) is 0.564. The maximum Gasteiger partial charge on any atom is 0.330 e. The van der Waals surface area contributed by atoms with Gasteiger partial charge in [-0.1, -0.05) is 13.8 Å². The molecule has 1 heterocycles. The van der Waals surface area contributed by atoms with Gasteiger partial charge in [0.05, 0.1) is 13.2 Å². The summed E-state index contributed by atoms with van der Waals surface area (Å²) < 4.78 is 5.46. The Morgan fingerprint density at radius 3 is 2.45 bits per heavy atom. The van der Waals surface area contributed by atoms with Gasteiger partial charge in [0.15, 0.2) is 0 Å². The maximum absolute atomic E-state index is 12.5. The summed E-state index contributed by atoms with van der Waals surface area (Å²) >= 11 is 0. The number of carbonyl (C=O) groups excluding carboxylic acids is 3. The van der Waals surface area contributed by atoms with Crippen molar-refractivity contribution in [3.05, 3.63) is 0 Å². The van der Waals surface area contributed by atoms with Crippen LogP contribution in [0.1, 0.15) is 39.5 Å². The topological polar surface area (TPSA) is 75.7 Å². The van der Waals surface area contributed by atoms with Gasteiger partial charge in [-0.3, -0.25) is 19.8 Å². The van der Waals surface area contributed by atoms with Crippen molar-refractivity contribution in [2.45, 2.75) is 39.5 Å². The summed E-state index contributed by atoms with van der Waals surface area (Å²) in [5.41, 5.74) is -1.11. The van der Waals surface area contributed by atoms with Crippen molar-refractivity contribution in [2.24, 2.45) is 11.3 Å². The Labute approximate surface area is 118 Å². The number of urea groups is 1. The predicted octanol–water partition coefficient (Wildman–Crippen LogP) is 1.30. The highest BCUT2D eigenvalue weighted by Gasteiger charge is 2.51. The van der Waals surface area contributed by atoms with E-state index < -0.39 is 23.3 Å². The summed E-state index contributed by atoms with van der Waals surface area (Å²) in [4.78, 5) is 37.3. The summed E-state index contributed by atoms with van der Waals surface area (Å²) in [6.45, 7) is 4.80. The summed E-state index contributed by atoms with van der Waals surface area (Å²) in [6, 6.07) is -0.632. The second-order valence-electron chi connectivity index (χ2n) is 5.52. The van der Waals surface area contributed by atoms with Crippen molar-refractivity contribution in [3.8, 4) is 0 Å².